The molecule has 4 rings (SSSR count). The van der Waals surface area contributed by atoms with E-state index in [9.17, 15) is 4.79 Å². The second-order valence-electron chi connectivity index (χ2n) is 6.59. The number of benzene rings is 1. The van der Waals surface area contributed by atoms with Gasteiger partial charge in [0.05, 0.1) is 37.6 Å². The fraction of sp³-hybridized carbons (Fsp3) is 0.500. The molecule has 0 aliphatic carbocycles. The minimum Gasteiger partial charge on any atom is -0.378 e. The van der Waals surface area contributed by atoms with E-state index in [1.807, 2.05) is 17.0 Å². The Balaban J connectivity index is 1.63. The Labute approximate surface area is 160 Å². The van der Waals surface area contributed by atoms with Crippen molar-refractivity contribution in [2.45, 2.75) is 13.0 Å². The zero-order valence-electron chi connectivity index (χ0n) is 14.7. The number of fused-ring (bicyclic) bond motifs is 1. The molecule has 1 atom stereocenters. The molecule has 2 aliphatic rings. The number of aromatic nitrogens is 2. The van der Waals surface area contributed by atoms with Gasteiger partial charge in [-0.2, -0.15) is 0 Å². The maximum absolute atomic E-state index is 12.7. The number of amides is 1. The quantitative estimate of drug-likeness (QED) is 0.740. The Morgan fingerprint density at radius 1 is 1.23 bits per heavy atom. The molecule has 0 radical (unpaired) electrons. The summed E-state index contributed by atoms with van der Waals surface area (Å²) in [5.41, 5.74) is 2.09. The molecular formula is C18H21BrN4O3. The topological polar surface area (TPSA) is 67.8 Å². The lowest BCUT2D eigenvalue weighted by molar-refractivity contribution is 0.0303. The number of anilines is 1. The van der Waals surface area contributed by atoms with Crippen LogP contribution in [-0.2, 0) is 9.47 Å². The van der Waals surface area contributed by atoms with Crippen LogP contribution in [0, 0.1) is 0 Å². The first-order valence-electron chi connectivity index (χ1n) is 8.81. The highest BCUT2D eigenvalue weighted by molar-refractivity contribution is 9.10. The van der Waals surface area contributed by atoms with Crippen LogP contribution in [0.3, 0.4) is 0 Å². The van der Waals surface area contributed by atoms with E-state index in [2.05, 4.69) is 32.7 Å². The largest absolute Gasteiger partial charge is 0.378 e. The average molecular weight is 421 g/mol. The lowest BCUT2D eigenvalue weighted by Gasteiger charge is -2.31. The number of hydrogen-bond donors (Lipinski definition) is 0. The molecule has 2 fully saturated rings. The third-order valence-corrected chi connectivity index (χ3v) is 5.30. The summed E-state index contributed by atoms with van der Waals surface area (Å²) in [6, 6.07) is 3.65. The smallest absolute Gasteiger partial charge is 0.254 e. The van der Waals surface area contributed by atoms with Crippen LogP contribution in [0.25, 0.3) is 11.0 Å². The minimum atomic E-state index is 0.00350. The Kier molecular flexibility index (Phi) is 5.06. The summed E-state index contributed by atoms with van der Waals surface area (Å²) in [6.45, 7) is 6.75. The first-order valence-corrected chi connectivity index (χ1v) is 9.61. The summed E-state index contributed by atoms with van der Waals surface area (Å²) in [6.07, 6.45) is 1.95. The van der Waals surface area contributed by atoms with Gasteiger partial charge in [0.15, 0.2) is 0 Å². The van der Waals surface area contributed by atoms with Crippen molar-refractivity contribution >= 4 is 38.7 Å². The van der Waals surface area contributed by atoms with Gasteiger partial charge in [0.25, 0.3) is 5.91 Å². The molecule has 0 bridgehead atoms. The second kappa shape index (κ2) is 7.46. The lowest BCUT2D eigenvalue weighted by atomic mass is 10.1. The van der Waals surface area contributed by atoms with Crippen LogP contribution in [0.4, 0.5) is 5.82 Å². The molecule has 0 N–H and O–H groups in total. The van der Waals surface area contributed by atoms with Gasteiger partial charge in [0.2, 0.25) is 0 Å². The highest BCUT2D eigenvalue weighted by atomic mass is 79.9. The van der Waals surface area contributed by atoms with Crippen LogP contribution in [-0.4, -0.2) is 72.9 Å². The van der Waals surface area contributed by atoms with Gasteiger partial charge in [-0.1, -0.05) is 0 Å². The molecule has 1 unspecified atom stereocenters. The highest BCUT2D eigenvalue weighted by Crippen LogP contribution is 2.26. The Bertz CT molecular complexity index is 825. The number of nitrogens with zero attached hydrogens (tertiary/aromatic N) is 4. The number of morpholine rings is 2. The number of halogens is 1. The molecule has 2 saturated heterocycles. The standard InChI is InChI=1S/C18H21BrN4O3/c1-12-11-23(4-7-26-12)16-10-20-15-9-13(8-14(19)17(15)21-16)18(24)22-2-5-25-6-3-22/h8-10,12H,2-7,11H2,1H3. The third kappa shape index (κ3) is 3.54. The van der Waals surface area contributed by atoms with Gasteiger partial charge >= 0.3 is 0 Å². The van der Waals surface area contributed by atoms with E-state index in [1.165, 1.54) is 0 Å². The van der Waals surface area contributed by atoms with Crippen LogP contribution >= 0.6 is 15.9 Å². The summed E-state index contributed by atoms with van der Waals surface area (Å²) >= 11 is 3.57. The first kappa shape index (κ1) is 17.6. The first-order chi connectivity index (χ1) is 12.6. The molecule has 3 heterocycles. The Hall–Kier alpha value is -1.77. The SMILES string of the molecule is CC1CN(c2cnc3cc(C(=O)N4CCOCC4)cc(Br)c3n2)CCO1. The Morgan fingerprint density at radius 3 is 2.81 bits per heavy atom. The average Bonchev–Trinajstić information content (AvgIpc) is 2.68. The van der Waals surface area contributed by atoms with E-state index in [0.717, 1.165) is 28.9 Å². The van der Waals surface area contributed by atoms with Crippen molar-refractivity contribution in [1.29, 1.82) is 0 Å². The molecule has 1 amide bonds. The summed E-state index contributed by atoms with van der Waals surface area (Å²) < 4.78 is 11.7. The van der Waals surface area contributed by atoms with Gasteiger partial charge in [-0.25, -0.2) is 4.98 Å². The normalized spacial score (nSPS) is 21.2. The number of carbonyl (C=O) groups excluding carboxylic acids is 1. The third-order valence-electron chi connectivity index (χ3n) is 4.70. The molecular weight excluding hydrogens is 400 g/mol. The molecule has 1 aromatic carbocycles. The van der Waals surface area contributed by atoms with Crippen LogP contribution < -0.4 is 4.90 Å². The van der Waals surface area contributed by atoms with Crippen molar-refractivity contribution in [2.75, 3.05) is 50.9 Å². The maximum Gasteiger partial charge on any atom is 0.254 e. The molecule has 1 aromatic heterocycles. The van der Waals surface area contributed by atoms with Crippen molar-refractivity contribution in [1.82, 2.24) is 14.9 Å². The molecule has 0 saturated carbocycles. The zero-order valence-corrected chi connectivity index (χ0v) is 16.2. The fourth-order valence-electron chi connectivity index (χ4n) is 3.32. The fourth-order valence-corrected chi connectivity index (χ4v) is 3.85. The van der Waals surface area contributed by atoms with Crippen molar-refractivity contribution in [3.63, 3.8) is 0 Å². The van der Waals surface area contributed by atoms with Crippen molar-refractivity contribution in [3.8, 4) is 0 Å². The number of ether oxygens (including phenoxy) is 2. The van der Waals surface area contributed by atoms with Crippen LogP contribution in [0.5, 0.6) is 0 Å². The maximum atomic E-state index is 12.7. The second-order valence-corrected chi connectivity index (χ2v) is 7.44. The zero-order chi connectivity index (χ0) is 18.1. The summed E-state index contributed by atoms with van der Waals surface area (Å²) in [4.78, 5) is 26.0. The van der Waals surface area contributed by atoms with Crippen LogP contribution in [0.2, 0.25) is 0 Å². The molecule has 26 heavy (non-hydrogen) atoms. The molecule has 7 nitrogen and oxygen atoms in total. The van der Waals surface area contributed by atoms with E-state index in [1.54, 1.807) is 6.20 Å². The van der Waals surface area contributed by atoms with Gasteiger partial charge in [-0.05, 0) is 35.0 Å². The van der Waals surface area contributed by atoms with E-state index < -0.39 is 0 Å². The van der Waals surface area contributed by atoms with E-state index in [4.69, 9.17) is 14.5 Å². The van der Waals surface area contributed by atoms with Crippen molar-refractivity contribution in [2.24, 2.45) is 0 Å². The number of carbonyl (C=O) groups is 1. The molecule has 0 spiro atoms. The van der Waals surface area contributed by atoms with Crippen LogP contribution in [0.1, 0.15) is 17.3 Å². The van der Waals surface area contributed by atoms with Crippen molar-refractivity contribution in [3.05, 3.63) is 28.4 Å². The lowest BCUT2D eigenvalue weighted by Crippen LogP contribution is -2.41. The van der Waals surface area contributed by atoms with Gasteiger partial charge < -0.3 is 19.3 Å². The van der Waals surface area contributed by atoms with Gasteiger partial charge in [-0.15, -0.1) is 0 Å². The monoisotopic (exact) mass is 420 g/mol. The predicted octanol–water partition coefficient (Wildman–Crippen LogP) is 2.09. The van der Waals surface area contributed by atoms with Gasteiger partial charge in [-0.3, -0.25) is 9.78 Å². The number of rotatable bonds is 2. The van der Waals surface area contributed by atoms with Gasteiger partial charge in [0, 0.05) is 36.2 Å². The van der Waals surface area contributed by atoms with E-state index in [-0.39, 0.29) is 12.0 Å². The van der Waals surface area contributed by atoms with Crippen LogP contribution in [0.15, 0.2) is 22.8 Å². The van der Waals surface area contributed by atoms with E-state index >= 15 is 0 Å². The Morgan fingerprint density at radius 2 is 2.04 bits per heavy atom. The van der Waals surface area contributed by atoms with E-state index in [0.29, 0.717) is 44.0 Å². The van der Waals surface area contributed by atoms with Crippen molar-refractivity contribution < 1.29 is 14.3 Å². The molecule has 2 aromatic rings. The highest BCUT2D eigenvalue weighted by Gasteiger charge is 2.22. The number of hydrogen-bond acceptors (Lipinski definition) is 6. The predicted molar refractivity (Wildman–Crippen MR) is 102 cm³/mol. The minimum absolute atomic E-state index is 0.00350. The molecule has 2 aliphatic heterocycles. The summed E-state index contributed by atoms with van der Waals surface area (Å²) in [5, 5.41) is 0. The molecule has 8 heteroatoms. The molecule has 138 valence electrons. The summed E-state index contributed by atoms with van der Waals surface area (Å²) in [7, 11) is 0. The van der Waals surface area contributed by atoms with Gasteiger partial charge in [0.1, 0.15) is 11.3 Å². The summed E-state index contributed by atoms with van der Waals surface area (Å²) in [5.74, 6) is 0.837.